The lowest BCUT2D eigenvalue weighted by Crippen LogP contribution is -2.21. The molecule has 0 saturated carbocycles. The van der Waals surface area contributed by atoms with E-state index in [9.17, 15) is 4.79 Å². The Balaban J connectivity index is 1.73. The Kier molecular flexibility index (Phi) is 3.45. The minimum absolute atomic E-state index is 0.0885. The zero-order valence-corrected chi connectivity index (χ0v) is 13.0. The molecule has 7 nitrogen and oxygen atoms in total. The largest absolute Gasteiger partial charge is 0.467 e. The molecule has 1 aliphatic rings. The molecule has 1 unspecified atom stereocenters. The molecule has 0 aliphatic carbocycles. The minimum Gasteiger partial charge on any atom is -0.467 e. The number of hydrogen-bond acceptors (Lipinski definition) is 5. The molecule has 3 heterocycles. The van der Waals surface area contributed by atoms with Crippen LogP contribution in [0.5, 0.6) is 0 Å². The van der Waals surface area contributed by atoms with Crippen molar-refractivity contribution in [1.82, 2.24) is 14.8 Å². The van der Waals surface area contributed by atoms with Gasteiger partial charge < -0.3 is 9.73 Å². The monoisotopic (exact) mass is 321 g/mol. The number of nitrogens with zero attached hydrogens (tertiary/aromatic N) is 4. The van der Waals surface area contributed by atoms with Gasteiger partial charge in [-0.25, -0.2) is 9.67 Å². The summed E-state index contributed by atoms with van der Waals surface area (Å²) < 4.78 is 7.32. The predicted octanol–water partition coefficient (Wildman–Crippen LogP) is 2.94. The third-order valence-electron chi connectivity index (χ3n) is 3.86. The summed E-state index contributed by atoms with van der Waals surface area (Å²) in [5.41, 5.74) is 2.56. The first-order chi connectivity index (χ1) is 11.7. The first-order valence-corrected chi connectivity index (χ1v) is 7.59. The molecule has 0 radical (unpaired) electrons. The number of hydrogen-bond donors (Lipinski definition) is 1. The summed E-state index contributed by atoms with van der Waals surface area (Å²) in [7, 11) is 0. The van der Waals surface area contributed by atoms with Crippen LogP contribution in [0.15, 0.2) is 58.4 Å². The van der Waals surface area contributed by atoms with E-state index >= 15 is 0 Å². The average Bonchev–Trinajstić information content (AvgIpc) is 3.25. The molecule has 120 valence electrons. The number of benzene rings is 1. The van der Waals surface area contributed by atoms with Gasteiger partial charge in [-0.2, -0.15) is 10.1 Å². The molecular formula is C17H15N5O2. The normalized spacial score (nSPS) is 16.4. The topological polar surface area (TPSA) is 85.3 Å². The van der Waals surface area contributed by atoms with Gasteiger partial charge in [-0.15, -0.1) is 0 Å². The molecule has 1 aromatic carbocycles. The number of carbonyl (C=O) groups excluding carboxylic acids is 1. The summed E-state index contributed by atoms with van der Waals surface area (Å²) in [5.74, 6) is 1.25. The highest BCUT2D eigenvalue weighted by Gasteiger charge is 2.28. The maximum atomic E-state index is 11.3. The Hall–Kier alpha value is -3.22. The SMILES string of the molecule is CC(=O)Nc1cccc(C2=Nc3ncnn3C(c3ccco3)C2)c1. The molecule has 0 saturated heterocycles. The van der Waals surface area contributed by atoms with Gasteiger partial charge >= 0.3 is 0 Å². The molecule has 7 heteroatoms. The van der Waals surface area contributed by atoms with Crippen molar-refractivity contribution in [2.45, 2.75) is 19.4 Å². The third-order valence-corrected chi connectivity index (χ3v) is 3.86. The van der Waals surface area contributed by atoms with Gasteiger partial charge in [-0.3, -0.25) is 4.79 Å². The lowest BCUT2D eigenvalue weighted by molar-refractivity contribution is -0.114. The van der Waals surface area contributed by atoms with Gasteiger partial charge in [0.1, 0.15) is 18.1 Å². The molecule has 1 atom stereocenters. The Bertz CT molecular complexity index is 911. The van der Waals surface area contributed by atoms with Gasteiger partial charge in [-0.05, 0) is 29.8 Å². The molecule has 0 fully saturated rings. The molecule has 3 aromatic rings. The quantitative estimate of drug-likeness (QED) is 0.803. The Labute approximate surface area is 138 Å². The van der Waals surface area contributed by atoms with E-state index in [1.165, 1.54) is 13.3 Å². The second-order valence-electron chi connectivity index (χ2n) is 5.56. The highest BCUT2D eigenvalue weighted by Crippen LogP contribution is 2.32. The maximum absolute atomic E-state index is 11.3. The zero-order chi connectivity index (χ0) is 16.5. The number of furan rings is 1. The second kappa shape index (κ2) is 5.77. The second-order valence-corrected chi connectivity index (χ2v) is 5.56. The molecular weight excluding hydrogens is 306 g/mol. The number of rotatable bonds is 3. The van der Waals surface area contributed by atoms with Crippen LogP contribution in [0.1, 0.15) is 30.7 Å². The Morgan fingerprint density at radius 3 is 3.04 bits per heavy atom. The zero-order valence-electron chi connectivity index (χ0n) is 13.0. The summed E-state index contributed by atoms with van der Waals surface area (Å²) in [5, 5.41) is 7.05. The summed E-state index contributed by atoms with van der Waals surface area (Å²) >= 11 is 0. The van der Waals surface area contributed by atoms with Crippen LogP contribution in [-0.2, 0) is 4.79 Å². The van der Waals surface area contributed by atoms with Crippen molar-refractivity contribution in [3.05, 3.63) is 60.3 Å². The lowest BCUT2D eigenvalue weighted by atomic mass is 9.99. The fourth-order valence-corrected chi connectivity index (χ4v) is 2.84. The van der Waals surface area contributed by atoms with E-state index in [-0.39, 0.29) is 11.9 Å². The fourth-order valence-electron chi connectivity index (χ4n) is 2.84. The van der Waals surface area contributed by atoms with Crippen molar-refractivity contribution in [1.29, 1.82) is 0 Å². The minimum atomic E-state index is -0.106. The van der Waals surface area contributed by atoms with E-state index in [2.05, 4.69) is 20.4 Å². The van der Waals surface area contributed by atoms with Crippen molar-refractivity contribution in [3.63, 3.8) is 0 Å². The van der Waals surface area contributed by atoms with Crippen LogP contribution in [0.2, 0.25) is 0 Å². The average molecular weight is 321 g/mol. The van der Waals surface area contributed by atoms with Crippen LogP contribution < -0.4 is 5.32 Å². The van der Waals surface area contributed by atoms with Crippen molar-refractivity contribution in [2.75, 3.05) is 5.32 Å². The first-order valence-electron chi connectivity index (χ1n) is 7.59. The molecule has 0 spiro atoms. The standard InChI is InChI=1S/C17H15N5O2/c1-11(23)20-13-5-2-4-12(8-13)14-9-15(16-6-3-7-24-16)22-17(21-14)18-10-19-22/h2-8,10,15H,9H2,1H3,(H,20,23). The predicted molar refractivity (Wildman–Crippen MR) is 88.4 cm³/mol. The highest BCUT2D eigenvalue weighted by atomic mass is 16.3. The van der Waals surface area contributed by atoms with E-state index < -0.39 is 0 Å². The number of nitrogens with one attached hydrogen (secondary N) is 1. The highest BCUT2D eigenvalue weighted by molar-refractivity contribution is 6.04. The van der Waals surface area contributed by atoms with E-state index in [1.54, 1.807) is 10.9 Å². The summed E-state index contributed by atoms with van der Waals surface area (Å²) in [6.45, 7) is 1.49. The molecule has 0 bridgehead atoms. The van der Waals surface area contributed by atoms with Crippen molar-refractivity contribution in [3.8, 4) is 0 Å². The van der Waals surface area contributed by atoms with Crippen LogP contribution in [0.3, 0.4) is 0 Å². The molecule has 1 N–H and O–H groups in total. The van der Waals surface area contributed by atoms with Crippen molar-refractivity contribution in [2.24, 2.45) is 4.99 Å². The smallest absolute Gasteiger partial charge is 0.248 e. The molecule has 1 amide bonds. The van der Waals surface area contributed by atoms with E-state index in [1.807, 2.05) is 36.4 Å². The molecule has 4 rings (SSSR count). The van der Waals surface area contributed by atoms with E-state index in [0.717, 1.165) is 22.7 Å². The maximum Gasteiger partial charge on any atom is 0.248 e. The van der Waals surface area contributed by atoms with Gasteiger partial charge in [0.25, 0.3) is 0 Å². The third kappa shape index (κ3) is 2.60. The Morgan fingerprint density at radius 1 is 1.33 bits per heavy atom. The van der Waals surface area contributed by atoms with Crippen molar-refractivity contribution < 1.29 is 9.21 Å². The van der Waals surface area contributed by atoms with Crippen LogP contribution in [-0.4, -0.2) is 26.4 Å². The van der Waals surface area contributed by atoms with Crippen LogP contribution in [0.4, 0.5) is 11.6 Å². The number of amides is 1. The van der Waals surface area contributed by atoms with E-state index in [4.69, 9.17) is 4.42 Å². The van der Waals surface area contributed by atoms with Gasteiger partial charge in [-0.1, -0.05) is 12.1 Å². The number of anilines is 1. The summed E-state index contributed by atoms with van der Waals surface area (Å²) in [6, 6.07) is 11.3. The Morgan fingerprint density at radius 2 is 2.25 bits per heavy atom. The molecule has 24 heavy (non-hydrogen) atoms. The van der Waals surface area contributed by atoms with Gasteiger partial charge in [0.15, 0.2) is 0 Å². The van der Waals surface area contributed by atoms with Crippen LogP contribution >= 0.6 is 0 Å². The number of aliphatic imine (C=N–C) groups is 1. The molecule has 2 aromatic heterocycles. The number of carbonyl (C=O) groups is 1. The van der Waals surface area contributed by atoms with Gasteiger partial charge in [0, 0.05) is 19.0 Å². The van der Waals surface area contributed by atoms with Crippen molar-refractivity contribution >= 4 is 23.3 Å². The van der Waals surface area contributed by atoms with Gasteiger partial charge in [0.05, 0.1) is 12.0 Å². The number of fused-ring (bicyclic) bond motifs is 1. The summed E-state index contributed by atoms with van der Waals surface area (Å²) in [4.78, 5) is 20.1. The van der Waals surface area contributed by atoms with Gasteiger partial charge in [0.2, 0.25) is 11.9 Å². The number of aromatic nitrogens is 3. The lowest BCUT2D eigenvalue weighted by Gasteiger charge is -2.22. The fraction of sp³-hybridized carbons (Fsp3) is 0.176. The summed E-state index contributed by atoms with van der Waals surface area (Å²) in [6.07, 6.45) is 3.77. The first kappa shape index (κ1) is 14.4. The van der Waals surface area contributed by atoms with Crippen LogP contribution in [0, 0.1) is 0 Å². The van der Waals surface area contributed by atoms with E-state index in [0.29, 0.717) is 12.4 Å². The van der Waals surface area contributed by atoms with Crippen LogP contribution in [0.25, 0.3) is 0 Å². The molecule has 1 aliphatic heterocycles.